The lowest BCUT2D eigenvalue weighted by atomic mass is 10.1. The highest BCUT2D eigenvalue weighted by molar-refractivity contribution is 6.31. The molecule has 31 heavy (non-hydrogen) atoms. The minimum Gasteiger partial charge on any atom is -0.488 e. The van der Waals surface area contributed by atoms with Gasteiger partial charge in [0.15, 0.2) is 0 Å². The Balaban J connectivity index is 1.76. The number of carboxylic acids is 1. The fourth-order valence-corrected chi connectivity index (χ4v) is 3.06. The fourth-order valence-electron chi connectivity index (χ4n) is 2.89. The molecule has 0 saturated heterocycles. The van der Waals surface area contributed by atoms with Crippen LogP contribution in [0.25, 0.3) is 0 Å². The van der Waals surface area contributed by atoms with Crippen LogP contribution in [0.4, 0.5) is 8.78 Å². The van der Waals surface area contributed by atoms with Crippen molar-refractivity contribution < 1.29 is 28.2 Å². The first-order valence-corrected chi connectivity index (χ1v) is 9.63. The van der Waals surface area contributed by atoms with Crippen LogP contribution in [0.5, 0.6) is 5.75 Å². The maximum absolute atomic E-state index is 13.8. The number of halogens is 3. The van der Waals surface area contributed by atoms with E-state index in [9.17, 15) is 18.4 Å². The molecule has 0 fully saturated rings. The van der Waals surface area contributed by atoms with E-state index in [0.717, 1.165) is 18.2 Å². The van der Waals surface area contributed by atoms with Gasteiger partial charge in [-0.15, -0.1) is 0 Å². The summed E-state index contributed by atoms with van der Waals surface area (Å²) in [5, 5.41) is 12.1. The molecule has 0 heterocycles. The van der Waals surface area contributed by atoms with Crippen LogP contribution < -0.4 is 10.1 Å². The fraction of sp³-hybridized carbons (Fsp3) is 0.130. The van der Waals surface area contributed by atoms with Crippen LogP contribution in [0.15, 0.2) is 60.7 Å². The molecule has 2 N–H and O–H groups in total. The van der Waals surface area contributed by atoms with Gasteiger partial charge in [-0.25, -0.2) is 13.6 Å². The van der Waals surface area contributed by atoms with Crippen molar-refractivity contribution in [2.45, 2.75) is 19.6 Å². The molecule has 0 aromatic heterocycles. The Kier molecular flexibility index (Phi) is 6.87. The molecule has 160 valence electrons. The molecule has 0 bridgehead atoms. The average Bonchev–Trinajstić information content (AvgIpc) is 2.75. The number of nitrogens with one attached hydrogen (secondary N) is 1. The number of carbonyl (C=O) groups is 2. The summed E-state index contributed by atoms with van der Waals surface area (Å²) in [5.74, 6) is -2.61. The number of aromatic carboxylic acids is 1. The first kappa shape index (κ1) is 22.2. The van der Waals surface area contributed by atoms with Crippen molar-refractivity contribution in [1.82, 2.24) is 5.32 Å². The van der Waals surface area contributed by atoms with Gasteiger partial charge in [-0.3, -0.25) is 4.79 Å². The summed E-state index contributed by atoms with van der Waals surface area (Å²) in [6.45, 7) is 1.46. The summed E-state index contributed by atoms with van der Waals surface area (Å²) in [5.41, 5.74) is 0.966. The van der Waals surface area contributed by atoms with Gasteiger partial charge in [0, 0.05) is 10.6 Å². The largest absolute Gasteiger partial charge is 0.488 e. The summed E-state index contributed by atoms with van der Waals surface area (Å²) < 4.78 is 32.8. The van der Waals surface area contributed by atoms with Crippen molar-refractivity contribution in [1.29, 1.82) is 0 Å². The Morgan fingerprint density at radius 3 is 2.45 bits per heavy atom. The van der Waals surface area contributed by atoms with Gasteiger partial charge in [-0.1, -0.05) is 23.7 Å². The minimum atomic E-state index is -1.04. The smallest absolute Gasteiger partial charge is 0.335 e. The van der Waals surface area contributed by atoms with Crippen LogP contribution in [0, 0.1) is 11.6 Å². The van der Waals surface area contributed by atoms with Crippen molar-refractivity contribution in [2.24, 2.45) is 0 Å². The van der Waals surface area contributed by atoms with Crippen molar-refractivity contribution in [3.05, 3.63) is 99.6 Å². The van der Waals surface area contributed by atoms with Crippen LogP contribution in [0.3, 0.4) is 0 Å². The van der Waals surface area contributed by atoms with E-state index in [2.05, 4.69) is 5.32 Å². The monoisotopic (exact) mass is 445 g/mol. The zero-order valence-corrected chi connectivity index (χ0v) is 17.1. The molecule has 3 aromatic rings. The number of rotatable bonds is 7. The van der Waals surface area contributed by atoms with Crippen LogP contribution in [0.1, 0.15) is 44.8 Å². The van der Waals surface area contributed by atoms with Crippen molar-refractivity contribution in [2.75, 3.05) is 0 Å². The molecule has 5 nitrogen and oxygen atoms in total. The third-order valence-electron chi connectivity index (χ3n) is 4.58. The zero-order chi connectivity index (χ0) is 22.5. The number of benzene rings is 3. The van der Waals surface area contributed by atoms with Gasteiger partial charge >= 0.3 is 5.97 Å². The highest BCUT2D eigenvalue weighted by Crippen LogP contribution is 2.25. The van der Waals surface area contributed by atoms with Gasteiger partial charge in [-0.05, 0) is 61.0 Å². The lowest BCUT2D eigenvalue weighted by Crippen LogP contribution is -2.27. The van der Waals surface area contributed by atoms with Crippen molar-refractivity contribution in [3.63, 3.8) is 0 Å². The third kappa shape index (κ3) is 5.58. The summed E-state index contributed by atoms with van der Waals surface area (Å²) in [7, 11) is 0. The van der Waals surface area contributed by atoms with Crippen molar-refractivity contribution in [3.8, 4) is 5.75 Å². The SMILES string of the molecule is C[C@H](NC(=O)c1cc(Cl)ccc1OCc1cc(F)ccc1F)c1ccc(C(=O)O)cc1. The van der Waals surface area contributed by atoms with Crippen LogP contribution in [-0.4, -0.2) is 17.0 Å². The van der Waals surface area contributed by atoms with Crippen LogP contribution in [0.2, 0.25) is 5.02 Å². The highest BCUT2D eigenvalue weighted by Gasteiger charge is 2.18. The maximum Gasteiger partial charge on any atom is 0.335 e. The molecule has 0 spiro atoms. The van der Waals surface area contributed by atoms with Gasteiger partial charge in [0.05, 0.1) is 17.2 Å². The van der Waals surface area contributed by atoms with Gasteiger partial charge in [0.1, 0.15) is 24.0 Å². The first-order valence-electron chi connectivity index (χ1n) is 9.25. The van der Waals surface area contributed by atoms with E-state index in [1.54, 1.807) is 19.1 Å². The zero-order valence-electron chi connectivity index (χ0n) is 16.4. The Morgan fingerprint density at radius 1 is 1.06 bits per heavy atom. The Labute approximate surface area is 182 Å². The molecule has 0 aliphatic rings. The van der Waals surface area contributed by atoms with E-state index in [0.29, 0.717) is 10.6 Å². The van der Waals surface area contributed by atoms with E-state index < -0.39 is 29.6 Å². The van der Waals surface area contributed by atoms with E-state index in [-0.39, 0.29) is 29.0 Å². The number of carbonyl (C=O) groups excluding carboxylic acids is 1. The second kappa shape index (κ2) is 9.57. The number of hydrogen-bond acceptors (Lipinski definition) is 3. The van der Waals surface area contributed by atoms with Gasteiger partial charge in [-0.2, -0.15) is 0 Å². The summed E-state index contributed by atoms with van der Waals surface area (Å²) in [4.78, 5) is 23.8. The van der Waals surface area contributed by atoms with E-state index in [4.69, 9.17) is 21.4 Å². The quantitative estimate of drug-likeness (QED) is 0.511. The lowest BCUT2D eigenvalue weighted by Gasteiger charge is -2.17. The second-order valence-electron chi connectivity index (χ2n) is 6.79. The number of hydrogen-bond donors (Lipinski definition) is 2. The molecule has 1 atom stereocenters. The van der Waals surface area contributed by atoms with E-state index >= 15 is 0 Å². The number of amides is 1. The average molecular weight is 446 g/mol. The molecule has 3 aromatic carbocycles. The van der Waals surface area contributed by atoms with Crippen molar-refractivity contribution >= 4 is 23.5 Å². The predicted molar refractivity (Wildman–Crippen MR) is 111 cm³/mol. The normalized spacial score (nSPS) is 11.6. The molecular formula is C23H18ClF2NO4. The van der Waals surface area contributed by atoms with Crippen LogP contribution >= 0.6 is 11.6 Å². The van der Waals surface area contributed by atoms with E-state index in [1.807, 2.05) is 0 Å². The first-order chi connectivity index (χ1) is 14.7. The standard InChI is InChI=1S/C23H18ClF2NO4/c1-13(14-2-4-15(5-3-14)23(29)30)27-22(28)19-11-17(24)6-9-21(19)31-12-16-10-18(25)7-8-20(16)26/h2-11,13H,12H2,1H3,(H,27,28)(H,29,30)/t13-/m0/s1. The molecule has 0 radical (unpaired) electrons. The lowest BCUT2D eigenvalue weighted by molar-refractivity contribution is 0.0696. The molecule has 0 aliphatic carbocycles. The van der Waals surface area contributed by atoms with Gasteiger partial charge in [0.25, 0.3) is 5.91 Å². The number of carboxylic acid groups (broad SMARTS) is 1. The molecule has 0 saturated carbocycles. The molecule has 0 unspecified atom stereocenters. The summed E-state index contributed by atoms with van der Waals surface area (Å²) >= 11 is 6.02. The minimum absolute atomic E-state index is 0.00759. The Bertz CT molecular complexity index is 1120. The summed E-state index contributed by atoms with van der Waals surface area (Å²) in [6.07, 6.45) is 0. The summed E-state index contributed by atoms with van der Waals surface area (Å²) in [6, 6.07) is 13.1. The van der Waals surface area contributed by atoms with Gasteiger partial charge in [0.2, 0.25) is 0 Å². The van der Waals surface area contributed by atoms with Gasteiger partial charge < -0.3 is 15.2 Å². The molecule has 8 heteroatoms. The molecular weight excluding hydrogens is 428 g/mol. The van der Waals surface area contributed by atoms with Crippen LogP contribution in [-0.2, 0) is 6.61 Å². The Morgan fingerprint density at radius 2 is 1.77 bits per heavy atom. The molecule has 3 rings (SSSR count). The van der Waals surface area contributed by atoms with E-state index in [1.165, 1.54) is 30.3 Å². The molecule has 1 amide bonds. The maximum atomic E-state index is 13.8. The second-order valence-corrected chi connectivity index (χ2v) is 7.22. The Hall–Kier alpha value is -3.45. The molecule has 0 aliphatic heterocycles. The third-order valence-corrected chi connectivity index (χ3v) is 4.82. The predicted octanol–water partition coefficient (Wildman–Crippen LogP) is 5.39. The number of ether oxygens (including phenoxy) is 1. The highest BCUT2D eigenvalue weighted by atomic mass is 35.5. The topological polar surface area (TPSA) is 75.6 Å².